The first-order valence-corrected chi connectivity index (χ1v) is 9.29. The van der Waals surface area contributed by atoms with Crippen LogP contribution in [-0.2, 0) is 19.1 Å². The van der Waals surface area contributed by atoms with E-state index in [2.05, 4.69) is 5.32 Å². The lowest BCUT2D eigenvalue weighted by Crippen LogP contribution is -2.43. The number of rotatable bonds is 6. The molecule has 0 saturated carbocycles. The fourth-order valence-electron chi connectivity index (χ4n) is 3.03. The van der Waals surface area contributed by atoms with E-state index >= 15 is 0 Å². The molecular weight excluding hydrogens is 356 g/mol. The molecule has 0 aromatic rings. The molecule has 0 radical (unpaired) electrons. The van der Waals surface area contributed by atoms with Crippen molar-refractivity contribution < 1.29 is 29.3 Å². The van der Waals surface area contributed by atoms with Gasteiger partial charge in [0.2, 0.25) is 0 Å². The van der Waals surface area contributed by atoms with E-state index < -0.39 is 11.9 Å². The molecule has 10 heteroatoms. The lowest BCUT2D eigenvalue weighted by atomic mass is 10.3. The van der Waals surface area contributed by atoms with Crippen molar-refractivity contribution in [1.82, 2.24) is 20.0 Å². The van der Waals surface area contributed by atoms with E-state index in [1.54, 1.807) is 0 Å². The third-order valence-corrected chi connectivity index (χ3v) is 4.41. The summed E-state index contributed by atoms with van der Waals surface area (Å²) in [5, 5.41) is 21.5. The zero-order valence-corrected chi connectivity index (χ0v) is 16.1. The van der Waals surface area contributed by atoms with Gasteiger partial charge in [-0.2, -0.15) is 0 Å². The third-order valence-electron chi connectivity index (χ3n) is 4.41. The van der Waals surface area contributed by atoms with E-state index in [9.17, 15) is 14.4 Å². The number of carbonyl (C=O) groups excluding carboxylic acids is 1. The van der Waals surface area contributed by atoms with Gasteiger partial charge in [0.15, 0.2) is 0 Å². The molecule has 3 N–H and O–H groups in total. The van der Waals surface area contributed by atoms with Crippen LogP contribution in [0.1, 0.15) is 12.8 Å². The molecule has 0 aliphatic carbocycles. The molecule has 0 aromatic heterocycles. The predicted molar refractivity (Wildman–Crippen MR) is 98.7 cm³/mol. The lowest BCUT2D eigenvalue weighted by molar-refractivity contribution is -0.142. The normalized spacial score (nSPS) is 19.9. The number of esters is 1. The van der Waals surface area contributed by atoms with Crippen LogP contribution in [0.4, 0.5) is 0 Å². The van der Waals surface area contributed by atoms with Crippen molar-refractivity contribution in [3.63, 3.8) is 0 Å². The van der Waals surface area contributed by atoms with E-state index in [-0.39, 0.29) is 25.6 Å². The van der Waals surface area contributed by atoms with Crippen LogP contribution in [0.15, 0.2) is 0 Å². The van der Waals surface area contributed by atoms with Crippen LogP contribution in [0, 0.1) is 0 Å². The molecule has 0 unspecified atom stereocenters. The van der Waals surface area contributed by atoms with Crippen LogP contribution >= 0.6 is 0 Å². The molecule has 0 bridgehead atoms. The maximum Gasteiger partial charge on any atom is 0.319 e. The molecule has 27 heavy (non-hydrogen) atoms. The van der Waals surface area contributed by atoms with Crippen LogP contribution in [0.3, 0.4) is 0 Å². The fraction of sp³-hybridized carbons (Fsp3) is 0.824. The second-order valence-corrected chi connectivity index (χ2v) is 6.65. The maximum atomic E-state index is 11.6. The Morgan fingerprint density at radius 3 is 1.81 bits per heavy atom. The molecular formula is C17H32N4O6. The molecule has 1 aliphatic rings. The monoisotopic (exact) mass is 388 g/mol. The summed E-state index contributed by atoms with van der Waals surface area (Å²) in [5.74, 6) is -2.08. The molecule has 156 valence electrons. The van der Waals surface area contributed by atoms with Crippen molar-refractivity contribution in [2.75, 3.05) is 79.1 Å². The minimum absolute atomic E-state index is 0.0478. The van der Waals surface area contributed by atoms with E-state index in [4.69, 9.17) is 14.9 Å². The highest BCUT2D eigenvalue weighted by molar-refractivity contribution is 5.71. The molecule has 10 nitrogen and oxygen atoms in total. The van der Waals surface area contributed by atoms with Gasteiger partial charge >= 0.3 is 17.9 Å². The maximum absolute atomic E-state index is 11.6. The number of nitrogens with zero attached hydrogens (tertiary/aromatic N) is 3. The number of carboxylic acid groups (broad SMARTS) is 2. The summed E-state index contributed by atoms with van der Waals surface area (Å²) in [4.78, 5) is 39.4. The van der Waals surface area contributed by atoms with Crippen molar-refractivity contribution in [1.29, 1.82) is 0 Å². The summed E-state index contributed by atoms with van der Waals surface area (Å²) in [6.45, 7) is 5.09. The van der Waals surface area contributed by atoms with Gasteiger partial charge in [0, 0.05) is 39.3 Å². The highest BCUT2D eigenvalue weighted by atomic mass is 16.5. The second kappa shape index (κ2) is 13.4. The minimum Gasteiger partial charge on any atom is -0.480 e. The average molecular weight is 388 g/mol. The first kappa shape index (κ1) is 23.3. The first-order chi connectivity index (χ1) is 12.9. The Balaban J connectivity index is 2.68. The molecule has 1 rings (SSSR count). The van der Waals surface area contributed by atoms with Gasteiger partial charge in [-0.1, -0.05) is 0 Å². The molecule has 1 heterocycles. The van der Waals surface area contributed by atoms with E-state index in [1.807, 2.05) is 14.7 Å². The van der Waals surface area contributed by atoms with Gasteiger partial charge in [-0.25, -0.2) is 0 Å². The van der Waals surface area contributed by atoms with Crippen molar-refractivity contribution in [2.45, 2.75) is 12.8 Å². The topological polar surface area (TPSA) is 123 Å². The largest absolute Gasteiger partial charge is 0.480 e. The summed E-state index contributed by atoms with van der Waals surface area (Å²) >= 11 is 0. The fourth-order valence-corrected chi connectivity index (χ4v) is 3.03. The van der Waals surface area contributed by atoms with Crippen LogP contribution in [0.5, 0.6) is 0 Å². The Kier molecular flexibility index (Phi) is 11.6. The van der Waals surface area contributed by atoms with Gasteiger partial charge in [0.25, 0.3) is 0 Å². The summed E-state index contributed by atoms with van der Waals surface area (Å²) in [6.07, 6.45) is 1.51. The standard InChI is InChI=1S/C17H32N4O6/c1-27-17(26)14-19-7-3-8-21(13-16(24)25)11-10-20(12-15(22)23)6-2-4-18-5-9-19/h18H,2-14H2,1H3,(H,22,23)(H,24,25). The van der Waals surface area contributed by atoms with Crippen molar-refractivity contribution in [3.8, 4) is 0 Å². The van der Waals surface area contributed by atoms with Gasteiger partial charge in [-0.15, -0.1) is 0 Å². The molecule has 0 atom stereocenters. The van der Waals surface area contributed by atoms with Crippen molar-refractivity contribution in [2.24, 2.45) is 0 Å². The second-order valence-electron chi connectivity index (χ2n) is 6.65. The van der Waals surface area contributed by atoms with Crippen LogP contribution in [0.2, 0.25) is 0 Å². The number of carbonyl (C=O) groups is 3. The summed E-state index contributed by atoms with van der Waals surface area (Å²) in [6, 6.07) is 0. The van der Waals surface area contributed by atoms with Crippen molar-refractivity contribution in [3.05, 3.63) is 0 Å². The SMILES string of the molecule is COC(=O)CN1CCCN(CC(=O)O)CCN(CC(=O)O)CCCNCC1. The highest BCUT2D eigenvalue weighted by Gasteiger charge is 2.16. The quantitative estimate of drug-likeness (QED) is 0.469. The van der Waals surface area contributed by atoms with Gasteiger partial charge < -0.3 is 20.3 Å². The van der Waals surface area contributed by atoms with Gasteiger partial charge in [0.1, 0.15) is 0 Å². The summed E-state index contributed by atoms with van der Waals surface area (Å²) in [5.41, 5.74) is 0. The highest BCUT2D eigenvalue weighted by Crippen LogP contribution is 2.00. The number of hydrogen-bond donors (Lipinski definition) is 3. The number of nitrogens with one attached hydrogen (secondary N) is 1. The van der Waals surface area contributed by atoms with Crippen molar-refractivity contribution >= 4 is 17.9 Å². The Hall–Kier alpha value is -1.75. The summed E-state index contributed by atoms with van der Waals surface area (Å²) in [7, 11) is 1.36. The number of ether oxygens (including phenoxy) is 1. The Labute approximate surface area is 160 Å². The number of methoxy groups -OCH3 is 1. The Morgan fingerprint density at radius 1 is 0.778 bits per heavy atom. The molecule has 0 spiro atoms. The van der Waals surface area contributed by atoms with Gasteiger partial charge in [-0.05, 0) is 25.9 Å². The molecule has 1 fully saturated rings. The number of hydrogen-bond acceptors (Lipinski definition) is 8. The van der Waals surface area contributed by atoms with Crippen LogP contribution in [-0.4, -0.2) is 122 Å². The average Bonchev–Trinajstić information content (AvgIpc) is 2.59. The first-order valence-electron chi connectivity index (χ1n) is 9.29. The molecule has 0 aromatic carbocycles. The van der Waals surface area contributed by atoms with E-state index in [0.717, 1.165) is 19.5 Å². The minimum atomic E-state index is -0.906. The van der Waals surface area contributed by atoms with E-state index in [1.165, 1.54) is 7.11 Å². The predicted octanol–water partition coefficient (Wildman–Crippen LogP) is -1.38. The van der Waals surface area contributed by atoms with Gasteiger partial charge in [0.05, 0.1) is 26.7 Å². The Bertz CT molecular complexity index is 476. The number of carboxylic acids is 2. The molecule has 0 amide bonds. The van der Waals surface area contributed by atoms with E-state index in [0.29, 0.717) is 45.7 Å². The molecule has 1 saturated heterocycles. The smallest absolute Gasteiger partial charge is 0.319 e. The zero-order chi connectivity index (χ0) is 20.1. The zero-order valence-electron chi connectivity index (χ0n) is 16.1. The lowest BCUT2D eigenvalue weighted by Gasteiger charge is -2.28. The van der Waals surface area contributed by atoms with Crippen LogP contribution < -0.4 is 5.32 Å². The number of aliphatic carboxylic acids is 2. The third kappa shape index (κ3) is 11.5. The Morgan fingerprint density at radius 2 is 1.30 bits per heavy atom. The van der Waals surface area contributed by atoms with Gasteiger partial charge in [-0.3, -0.25) is 29.1 Å². The summed E-state index contributed by atoms with van der Waals surface area (Å²) < 4.78 is 4.74. The van der Waals surface area contributed by atoms with Crippen LogP contribution in [0.25, 0.3) is 0 Å². The molecule has 1 aliphatic heterocycles.